The minimum atomic E-state index is 0. The van der Waals surface area contributed by atoms with E-state index in [9.17, 15) is 0 Å². The Bertz CT molecular complexity index is 20.4. The van der Waals surface area contributed by atoms with Crippen LogP contribution in [0.15, 0.2) is 0 Å². The summed E-state index contributed by atoms with van der Waals surface area (Å²) in [6, 6.07) is 0. The van der Waals surface area contributed by atoms with Gasteiger partial charge in [0.15, 0.2) is 0 Å². The number of rotatable bonds is 0. The molecule has 0 bridgehead atoms. The second kappa shape index (κ2) is 101. The van der Waals surface area contributed by atoms with E-state index in [-0.39, 0.29) is 208 Å². The molecule has 0 aliphatic carbocycles. The molecule has 5 nitrogen and oxygen atoms in total. The van der Waals surface area contributed by atoms with Gasteiger partial charge in [0.25, 0.3) is 0 Å². The molecule has 0 rings (SSSR count). The third kappa shape index (κ3) is 88.2. The molecule has 11 heteroatoms. The molecule has 0 fully saturated rings. The van der Waals surface area contributed by atoms with E-state index in [4.69, 9.17) is 0 Å². The van der Waals surface area contributed by atoms with Gasteiger partial charge in [0, 0.05) is 121 Å². The Labute approximate surface area is 202 Å². The van der Waals surface area contributed by atoms with E-state index in [1.165, 1.54) is 0 Å². The molecule has 0 saturated carbocycles. The smallest absolute Gasteiger partial charge is 2.00 e. The van der Waals surface area contributed by atoms with Crippen molar-refractivity contribution in [3.8, 4) is 0 Å². The van der Waals surface area contributed by atoms with Gasteiger partial charge in [0.05, 0.1) is 0 Å². The molecule has 60 valence electrons. The van der Waals surface area contributed by atoms with Crippen molar-refractivity contribution in [1.82, 2.24) is 0 Å². The van der Waals surface area contributed by atoms with Gasteiger partial charge >= 0.3 is 59.9 Å². The molecule has 0 spiro atoms. The summed E-state index contributed by atoms with van der Waals surface area (Å²) in [5.41, 5.74) is 0. The van der Waals surface area contributed by atoms with Gasteiger partial charge in [-0.25, -0.2) is 0 Å². The third-order valence-corrected chi connectivity index (χ3v) is 0. The SMILES string of the molecule is [Np+5].[Np+5].[O-2].[O-2].[O-2].[O-2].[O-2].[Pu].[Pu].[U].[U]. The van der Waals surface area contributed by atoms with Crippen molar-refractivity contribution in [2.45, 2.75) is 0 Å². The molecule has 0 atom stereocenters. The Balaban J connectivity index is 0. The summed E-state index contributed by atoms with van der Waals surface area (Å²) in [5, 5.41) is 0. The van der Waals surface area contributed by atoms with E-state index in [0.717, 1.165) is 0 Å². The molecule has 0 saturated heterocycles. The van der Waals surface area contributed by atoms with Crippen molar-refractivity contribution >= 4 is 0 Å². The summed E-state index contributed by atoms with van der Waals surface area (Å²) in [5.74, 6) is 0. The van der Waals surface area contributed by atoms with Crippen molar-refractivity contribution < 1.29 is 208 Å². The first-order chi connectivity index (χ1) is 0. The summed E-state index contributed by atoms with van der Waals surface area (Å²) in [4.78, 5) is 0. The molecular weight excluding hydrogens is 1520 g/mol. The molecule has 0 aliphatic rings. The van der Waals surface area contributed by atoms with E-state index in [1.54, 1.807) is 0 Å². The molecule has 0 aliphatic heterocycles. The average molecular weight is 1520 g/mol. The molecule has 0 heterocycles. The van der Waals surface area contributed by atoms with Crippen LogP contribution in [0.2, 0.25) is 0 Å². The minimum Gasteiger partial charge on any atom is -2.00 e. The van der Waals surface area contributed by atoms with Crippen molar-refractivity contribution in [3.63, 3.8) is 0 Å². The fraction of sp³-hybridized carbons (Fsp3) is 0. The fourth-order valence-electron chi connectivity index (χ4n) is 0. The van der Waals surface area contributed by atoms with Gasteiger partial charge in [-0.15, -0.1) is 0 Å². The minimum absolute atomic E-state index is 0. The van der Waals surface area contributed by atoms with E-state index in [1.807, 2.05) is 0 Å². The van der Waals surface area contributed by atoms with Gasteiger partial charge in [-0.05, 0) is 0 Å². The second-order valence-corrected chi connectivity index (χ2v) is 0. The normalized spacial score (nSPS) is 0. The summed E-state index contributed by atoms with van der Waals surface area (Å²) < 4.78 is 0. The molecule has 0 aromatic rings. The van der Waals surface area contributed by atoms with Gasteiger partial charge in [0.1, 0.15) is 0 Å². The number of hydrogen-bond acceptors (Lipinski definition) is 0. The Kier molecular flexibility index (Phi) is 1130. The first-order valence-corrected chi connectivity index (χ1v) is 0. The van der Waals surface area contributed by atoms with E-state index in [0.29, 0.717) is 0 Å². The van der Waals surface area contributed by atoms with E-state index in [2.05, 4.69) is 0 Å². The van der Waals surface area contributed by atoms with Gasteiger partial charge in [-0.3, -0.25) is 0 Å². The zero-order valence-corrected chi connectivity index (χ0v) is 27.3. The van der Waals surface area contributed by atoms with Crippen LogP contribution in [0.4, 0.5) is 0 Å². The topological polar surface area (TPSA) is 142 Å². The Hall–Kier alpha value is 5.90. The molecule has 0 unspecified atom stereocenters. The van der Waals surface area contributed by atoms with Crippen LogP contribution in [-0.2, 0) is 27.4 Å². The summed E-state index contributed by atoms with van der Waals surface area (Å²) in [6.45, 7) is 0. The molecule has 11 heavy (non-hydrogen) atoms. The Morgan fingerprint density at radius 2 is 0.364 bits per heavy atom. The predicted molar refractivity (Wildman–Crippen MR) is 3.43 cm³/mol. The molecule has 0 amide bonds. The maximum atomic E-state index is 0. The Morgan fingerprint density at radius 1 is 0.364 bits per heavy atom. The summed E-state index contributed by atoms with van der Waals surface area (Å²) in [7, 11) is 0. The molecule has 0 aromatic heterocycles. The first-order valence-electron chi connectivity index (χ1n) is 0. The average Bonchev–Trinajstić information content (AvgIpc) is 0. The summed E-state index contributed by atoms with van der Waals surface area (Å²) in [6.07, 6.45) is 0. The van der Waals surface area contributed by atoms with Gasteiger partial charge in [-0.2, -0.15) is 0 Å². The van der Waals surface area contributed by atoms with Crippen LogP contribution in [0.1, 0.15) is 0 Å². The first kappa shape index (κ1) is 123. The van der Waals surface area contributed by atoms with Crippen molar-refractivity contribution in [2.75, 3.05) is 0 Å². The molecule has 0 N–H and O–H groups in total. The molecule has 0 aromatic carbocycles. The predicted octanol–water partition coefficient (Wildman–Crippen LogP) is -0.594. The maximum absolute atomic E-state index is 0. The Morgan fingerprint density at radius 3 is 0.364 bits per heavy atom. The second-order valence-electron chi connectivity index (χ2n) is 0. The van der Waals surface area contributed by atoms with Crippen molar-refractivity contribution in [1.29, 1.82) is 0 Å². The monoisotopic (exact) mass is 1500 g/mol. The van der Waals surface area contributed by atoms with E-state index >= 15 is 0 Å². The third-order valence-electron chi connectivity index (χ3n) is 0. The van der Waals surface area contributed by atoms with Crippen LogP contribution in [0.5, 0.6) is 0 Å². The van der Waals surface area contributed by atoms with Crippen LogP contribution >= 0.6 is 0 Å². The molecular formula is Np2O5Pu2U2. The standard InChI is InChI=1S/2Np.5O.2Pu.2U/q2*+5;5*-2;;;;. The molecule has 0 radical (unpaired) electrons. The fourth-order valence-corrected chi connectivity index (χ4v) is 0. The van der Waals surface area contributed by atoms with Crippen LogP contribution in [0.25, 0.3) is 0 Å². The van der Waals surface area contributed by atoms with Crippen molar-refractivity contribution in [3.05, 3.63) is 0 Å². The quantitative estimate of drug-likeness (QED) is 0.306. The van der Waals surface area contributed by atoms with E-state index < -0.39 is 0 Å². The van der Waals surface area contributed by atoms with Crippen LogP contribution in [0, 0.1) is 180 Å². The zero-order valence-electron chi connectivity index (χ0n) is 4.75. The summed E-state index contributed by atoms with van der Waals surface area (Å²) >= 11 is 0. The largest absolute Gasteiger partial charge is 5.00 e. The van der Waals surface area contributed by atoms with Crippen LogP contribution in [-0.4, -0.2) is 0 Å². The zero-order chi connectivity index (χ0) is 0. The van der Waals surface area contributed by atoms with Crippen LogP contribution < -0.4 is 0 Å². The van der Waals surface area contributed by atoms with Gasteiger partial charge in [-0.1, -0.05) is 0 Å². The maximum Gasteiger partial charge on any atom is 5.00 e. The number of hydrogen-bond donors (Lipinski definition) is 0. The van der Waals surface area contributed by atoms with Crippen molar-refractivity contribution in [2.24, 2.45) is 0 Å². The van der Waals surface area contributed by atoms with Gasteiger partial charge in [0.2, 0.25) is 0 Å². The van der Waals surface area contributed by atoms with Crippen LogP contribution in [0.3, 0.4) is 0 Å². The van der Waals surface area contributed by atoms with Gasteiger partial charge < -0.3 is 27.4 Å².